The molecule has 2 aromatic rings. The molecule has 0 unspecified atom stereocenters. The Morgan fingerprint density at radius 1 is 1.44 bits per heavy atom. The van der Waals surface area contributed by atoms with Crippen LogP contribution in [0.25, 0.3) is 0 Å². The van der Waals surface area contributed by atoms with Gasteiger partial charge in [0.15, 0.2) is 0 Å². The van der Waals surface area contributed by atoms with Gasteiger partial charge in [-0.2, -0.15) is 5.10 Å². The maximum absolute atomic E-state index is 12.1. The largest absolute Gasteiger partial charge is 0.283 e. The summed E-state index contributed by atoms with van der Waals surface area (Å²) in [4.78, 5) is 19.9. The van der Waals surface area contributed by atoms with E-state index in [0.717, 1.165) is 0 Å². The van der Waals surface area contributed by atoms with Gasteiger partial charge in [-0.25, -0.2) is 9.97 Å². The Balaban J connectivity index is 2.45. The lowest BCUT2D eigenvalue weighted by Gasteiger charge is -2.02. The molecular weight excluding hydrogens is 272 g/mol. The molecule has 0 atom stereocenters. The number of hydrogen-bond donors (Lipinski definition) is 0. The van der Waals surface area contributed by atoms with Crippen molar-refractivity contribution in [2.45, 2.75) is 13.5 Å². The SMILES string of the molecule is CCn1ncc(Br)c1C(=O)c1ncccn1. The second-order valence-corrected chi connectivity index (χ2v) is 3.91. The number of ketones is 1. The fraction of sp³-hybridized carbons (Fsp3) is 0.200. The Kier molecular flexibility index (Phi) is 3.09. The van der Waals surface area contributed by atoms with E-state index in [9.17, 15) is 4.79 Å². The van der Waals surface area contributed by atoms with Crippen molar-refractivity contribution in [3.05, 3.63) is 40.6 Å². The van der Waals surface area contributed by atoms with Crippen molar-refractivity contribution < 1.29 is 4.79 Å². The third kappa shape index (κ3) is 1.88. The lowest BCUT2D eigenvalue weighted by Crippen LogP contribution is -2.13. The first-order valence-corrected chi connectivity index (χ1v) is 5.56. The van der Waals surface area contributed by atoms with Gasteiger partial charge in [0.25, 0.3) is 0 Å². The number of carbonyl (C=O) groups excluding carboxylic acids is 1. The first-order chi connectivity index (χ1) is 7.74. The first-order valence-electron chi connectivity index (χ1n) is 4.77. The molecule has 0 aliphatic carbocycles. The number of aryl methyl sites for hydroxylation is 1. The second-order valence-electron chi connectivity index (χ2n) is 3.06. The Labute approximate surface area is 101 Å². The summed E-state index contributed by atoms with van der Waals surface area (Å²) < 4.78 is 2.27. The van der Waals surface area contributed by atoms with Gasteiger partial charge in [0.1, 0.15) is 5.69 Å². The molecular formula is C10H9BrN4O. The van der Waals surface area contributed by atoms with Crippen LogP contribution >= 0.6 is 15.9 Å². The summed E-state index contributed by atoms with van der Waals surface area (Å²) in [6.07, 6.45) is 4.68. The zero-order chi connectivity index (χ0) is 11.5. The van der Waals surface area contributed by atoms with Crippen molar-refractivity contribution in [2.24, 2.45) is 0 Å². The van der Waals surface area contributed by atoms with Crippen LogP contribution < -0.4 is 0 Å². The quantitative estimate of drug-likeness (QED) is 0.803. The van der Waals surface area contributed by atoms with E-state index in [-0.39, 0.29) is 11.6 Å². The lowest BCUT2D eigenvalue weighted by molar-refractivity contribution is 0.101. The third-order valence-electron chi connectivity index (χ3n) is 2.08. The van der Waals surface area contributed by atoms with E-state index in [1.807, 2.05) is 6.92 Å². The van der Waals surface area contributed by atoms with E-state index in [2.05, 4.69) is 31.0 Å². The molecule has 2 heterocycles. The van der Waals surface area contributed by atoms with Crippen LogP contribution in [0.2, 0.25) is 0 Å². The van der Waals surface area contributed by atoms with Gasteiger partial charge in [0.05, 0.1) is 10.7 Å². The first kappa shape index (κ1) is 10.9. The third-order valence-corrected chi connectivity index (χ3v) is 2.66. The van der Waals surface area contributed by atoms with Crippen LogP contribution in [-0.4, -0.2) is 25.5 Å². The second kappa shape index (κ2) is 4.52. The number of aromatic nitrogens is 4. The monoisotopic (exact) mass is 280 g/mol. The minimum absolute atomic E-state index is 0.179. The van der Waals surface area contributed by atoms with Crippen LogP contribution in [0, 0.1) is 0 Å². The molecule has 0 aliphatic heterocycles. The van der Waals surface area contributed by atoms with E-state index in [1.165, 1.54) is 0 Å². The predicted molar refractivity (Wildman–Crippen MR) is 61.1 cm³/mol. The molecule has 2 rings (SSSR count). The highest BCUT2D eigenvalue weighted by Crippen LogP contribution is 2.18. The molecule has 0 saturated carbocycles. The van der Waals surface area contributed by atoms with Gasteiger partial charge in [0, 0.05) is 18.9 Å². The average Bonchev–Trinajstić information content (AvgIpc) is 2.70. The molecule has 2 aromatic heterocycles. The molecule has 0 aromatic carbocycles. The van der Waals surface area contributed by atoms with E-state index in [1.54, 1.807) is 29.3 Å². The smallest absolute Gasteiger partial charge is 0.249 e. The van der Waals surface area contributed by atoms with Crippen molar-refractivity contribution in [1.29, 1.82) is 0 Å². The van der Waals surface area contributed by atoms with Gasteiger partial charge in [0.2, 0.25) is 11.6 Å². The molecule has 6 heteroatoms. The molecule has 5 nitrogen and oxygen atoms in total. The van der Waals surface area contributed by atoms with Crippen LogP contribution in [0.1, 0.15) is 23.2 Å². The van der Waals surface area contributed by atoms with Crippen molar-refractivity contribution in [1.82, 2.24) is 19.7 Å². The summed E-state index contributed by atoms with van der Waals surface area (Å²) >= 11 is 3.30. The topological polar surface area (TPSA) is 60.7 Å². The van der Waals surface area contributed by atoms with Crippen LogP contribution in [0.3, 0.4) is 0 Å². The minimum Gasteiger partial charge on any atom is -0.283 e. The Hall–Kier alpha value is -1.56. The molecule has 0 N–H and O–H groups in total. The minimum atomic E-state index is -0.230. The van der Waals surface area contributed by atoms with Crippen LogP contribution in [0.15, 0.2) is 29.1 Å². The van der Waals surface area contributed by atoms with Gasteiger partial charge in [-0.15, -0.1) is 0 Å². The van der Waals surface area contributed by atoms with E-state index < -0.39 is 0 Å². The summed E-state index contributed by atoms with van der Waals surface area (Å²) in [5.41, 5.74) is 0.480. The average molecular weight is 281 g/mol. The van der Waals surface area contributed by atoms with Crippen molar-refractivity contribution in [2.75, 3.05) is 0 Å². The summed E-state index contributed by atoms with van der Waals surface area (Å²) in [6, 6.07) is 1.67. The molecule has 0 radical (unpaired) electrons. The normalized spacial score (nSPS) is 10.4. The number of carbonyl (C=O) groups is 1. The van der Waals surface area contributed by atoms with Crippen molar-refractivity contribution in [3.8, 4) is 0 Å². The zero-order valence-electron chi connectivity index (χ0n) is 8.59. The molecule has 0 bridgehead atoms. The highest BCUT2D eigenvalue weighted by Gasteiger charge is 2.19. The van der Waals surface area contributed by atoms with Gasteiger partial charge in [-0.05, 0) is 28.9 Å². The predicted octanol–water partition coefficient (Wildman–Crippen LogP) is 1.69. The van der Waals surface area contributed by atoms with E-state index >= 15 is 0 Å². The molecule has 0 amide bonds. The maximum Gasteiger partial charge on any atom is 0.249 e. The van der Waals surface area contributed by atoms with Crippen LogP contribution in [-0.2, 0) is 6.54 Å². The summed E-state index contributed by atoms with van der Waals surface area (Å²) in [6.45, 7) is 2.54. The van der Waals surface area contributed by atoms with E-state index in [0.29, 0.717) is 16.7 Å². The van der Waals surface area contributed by atoms with Crippen LogP contribution in [0.5, 0.6) is 0 Å². The Morgan fingerprint density at radius 3 is 2.75 bits per heavy atom. The molecule has 0 aliphatic rings. The Morgan fingerprint density at radius 2 is 2.12 bits per heavy atom. The number of nitrogens with zero attached hydrogens (tertiary/aromatic N) is 4. The lowest BCUT2D eigenvalue weighted by atomic mass is 10.2. The van der Waals surface area contributed by atoms with Crippen molar-refractivity contribution >= 4 is 21.7 Å². The van der Waals surface area contributed by atoms with Gasteiger partial charge in [-0.1, -0.05) is 0 Å². The highest BCUT2D eigenvalue weighted by molar-refractivity contribution is 9.10. The fourth-order valence-electron chi connectivity index (χ4n) is 1.35. The van der Waals surface area contributed by atoms with E-state index in [4.69, 9.17) is 0 Å². The molecule has 16 heavy (non-hydrogen) atoms. The van der Waals surface area contributed by atoms with Gasteiger partial charge < -0.3 is 0 Å². The Bertz CT molecular complexity index is 509. The van der Waals surface area contributed by atoms with Gasteiger partial charge in [-0.3, -0.25) is 9.48 Å². The molecule has 0 saturated heterocycles. The maximum atomic E-state index is 12.1. The van der Waals surface area contributed by atoms with Crippen LogP contribution in [0.4, 0.5) is 0 Å². The number of hydrogen-bond acceptors (Lipinski definition) is 4. The fourth-order valence-corrected chi connectivity index (χ4v) is 1.83. The molecule has 0 spiro atoms. The number of rotatable bonds is 3. The van der Waals surface area contributed by atoms with Crippen molar-refractivity contribution in [3.63, 3.8) is 0 Å². The summed E-state index contributed by atoms with van der Waals surface area (Å²) in [5.74, 6) is -0.0507. The molecule has 0 fully saturated rings. The zero-order valence-corrected chi connectivity index (χ0v) is 10.2. The highest BCUT2D eigenvalue weighted by atomic mass is 79.9. The number of halogens is 1. The van der Waals surface area contributed by atoms with Gasteiger partial charge >= 0.3 is 0 Å². The standard InChI is InChI=1S/C10H9BrN4O/c1-2-15-8(7(11)6-14-15)9(16)10-12-4-3-5-13-10/h3-6H,2H2,1H3. The summed E-state index contributed by atoms with van der Waals surface area (Å²) in [7, 11) is 0. The molecule has 82 valence electrons. The summed E-state index contributed by atoms with van der Waals surface area (Å²) in [5, 5.41) is 4.07.